The molecule has 2 aromatic carbocycles. The molecule has 2 aromatic rings. The van der Waals surface area contributed by atoms with Crippen LogP contribution < -0.4 is 5.73 Å². The summed E-state index contributed by atoms with van der Waals surface area (Å²) in [6, 6.07) is 18.1. The molecule has 0 spiro atoms. The number of hydrogen-bond donors (Lipinski definition) is 1. The smallest absolute Gasteiger partial charge is 0.0314 e. The zero-order valence-electron chi connectivity index (χ0n) is 11.6. The Morgan fingerprint density at radius 3 is 2.05 bits per heavy atom. The van der Waals surface area contributed by atoms with Gasteiger partial charge >= 0.3 is 0 Å². The summed E-state index contributed by atoms with van der Waals surface area (Å²) in [4.78, 5) is 0. The molecule has 0 atom stereocenters. The molecule has 0 radical (unpaired) electrons. The lowest BCUT2D eigenvalue weighted by atomic mass is 10.1. The largest absolute Gasteiger partial charge is 0.399 e. The minimum Gasteiger partial charge on any atom is -0.399 e. The molecule has 0 amide bonds. The van der Waals surface area contributed by atoms with Gasteiger partial charge in [-0.05, 0) is 37.1 Å². The monoisotopic (exact) mass is 251 g/mol. The van der Waals surface area contributed by atoms with E-state index in [1.165, 1.54) is 16.7 Å². The molecule has 19 heavy (non-hydrogen) atoms. The molecule has 1 heteroatoms. The first-order chi connectivity index (χ1) is 9.13. The average molecular weight is 251 g/mol. The lowest BCUT2D eigenvalue weighted by Gasteiger charge is -1.97. The molecule has 1 nitrogen and oxygen atoms in total. The van der Waals surface area contributed by atoms with Crippen molar-refractivity contribution in [1.29, 1.82) is 0 Å². The topological polar surface area (TPSA) is 26.0 Å². The van der Waals surface area contributed by atoms with E-state index >= 15 is 0 Å². The Bertz CT molecular complexity index is 500. The zero-order chi connectivity index (χ0) is 14.1. The predicted octanol–water partition coefficient (Wildman–Crippen LogP) is 4.85. The zero-order valence-corrected chi connectivity index (χ0v) is 11.6. The standard InChI is InChI=1S/C11H12.C7H9N/c1-3-7-10(2)11-8-5-4-6-9-11;1-6-2-4-7(8)5-3-6/h3-9H,1H2,2H3;2-5H,8H2,1H3/b10-7+;. The number of benzene rings is 2. The van der Waals surface area contributed by atoms with E-state index in [1.807, 2.05) is 61.5 Å². The van der Waals surface area contributed by atoms with Crippen molar-refractivity contribution < 1.29 is 0 Å². The van der Waals surface area contributed by atoms with Gasteiger partial charge in [0.15, 0.2) is 0 Å². The van der Waals surface area contributed by atoms with Crippen LogP contribution in [0.4, 0.5) is 5.69 Å². The lowest BCUT2D eigenvalue weighted by molar-refractivity contribution is 1.47. The Balaban J connectivity index is 0.000000200. The molecule has 98 valence electrons. The van der Waals surface area contributed by atoms with Gasteiger partial charge in [0, 0.05) is 5.69 Å². The molecule has 2 rings (SSSR count). The van der Waals surface area contributed by atoms with Crippen molar-refractivity contribution >= 4 is 11.3 Å². The highest BCUT2D eigenvalue weighted by Crippen LogP contribution is 2.11. The highest BCUT2D eigenvalue weighted by molar-refractivity contribution is 5.64. The second kappa shape index (κ2) is 7.93. The van der Waals surface area contributed by atoms with Crippen LogP contribution in [0.25, 0.3) is 5.57 Å². The molecule has 0 unspecified atom stereocenters. The molecule has 0 aromatic heterocycles. The van der Waals surface area contributed by atoms with Crippen molar-refractivity contribution in [1.82, 2.24) is 0 Å². The molecule has 0 aliphatic rings. The summed E-state index contributed by atoms with van der Waals surface area (Å²) in [5.74, 6) is 0. The molecule has 0 saturated heterocycles. The first-order valence-electron chi connectivity index (χ1n) is 6.30. The van der Waals surface area contributed by atoms with Crippen LogP contribution in [0.1, 0.15) is 18.1 Å². The molecular weight excluding hydrogens is 230 g/mol. The van der Waals surface area contributed by atoms with Crippen LogP contribution in [0.15, 0.2) is 73.3 Å². The first-order valence-corrected chi connectivity index (χ1v) is 6.30. The van der Waals surface area contributed by atoms with Crippen LogP contribution >= 0.6 is 0 Å². The van der Waals surface area contributed by atoms with Crippen LogP contribution in [0, 0.1) is 6.92 Å². The Kier molecular flexibility index (Phi) is 6.17. The highest BCUT2D eigenvalue weighted by atomic mass is 14.5. The van der Waals surface area contributed by atoms with Gasteiger partial charge in [-0.3, -0.25) is 0 Å². The Morgan fingerprint density at radius 1 is 1.00 bits per heavy atom. The predicted molar refractivity (Wildman–Crippen MR) is 85.9 cm³/mol. The van der Waals surface area contributed by atoms with Gasteiger partial charge in [0.2, 0.25) is 0 Å². The van der Waals surface area contributed by atoms with Gasteiger partial charge in [0.1, 0.15) is 0 Å². The first kappa shape index (κ1) is 14.8. The maximum absolute atomic E-state index is 5.43. The normalized spacial score (nSPS) is 10.3. The maximum Gasteiger partial charge on any atom is 0.0314 e. The lowest BCUT2D eigenvalue weighted by Crippen LogP contribution is -1.81. The van der Waals surface area contributed by atoms with Gasteiger partial charge in [-0.2, -0.15) is 0 Å². The Hall–Kier alpha value is -2.28. The number of nitrogen functional groups attached to an aromatic ring is 1. The van der Waals surface area contributed by atoms with Crippen molar-refractivity contribution in [3.63, 3.8) is 0 Å². The van der Waals surface area contributed by atoms with E-state index in [9.17, 15) is 0 Å². The van der Waals surface area contributed by atoms with Crippen molar-refractivity contribution in [3.8, 4) is 0 Å². The summed E-state index contributed by atoms with van der Waals surface area (Å²) in [6.45, 7) is 7.77. The number of hydrogen-bond acceptors (Lipinski definition) is 1. The van der Waals surface area contributed by atoms with E-state index in [4.69, 9.17) is 5.73 Å². The van der Waals surface area contributed by atoms with Crippen molar-refractivity contribution in [2.45, 2.75) is 13.8 Å². The van der Waals surface area contributed by atoms with E-state index in [2.05, 4.69) is 25.6 Å². The number of nitrogens with two attached hydrogens (primary N) is 1. The van der Waals surface area contributed by atoms with E-state index in [1.54, 1.807) is 0 Å². The molecule has 0 aliphatic carbocycles. The van der Waals surface area contributed by atoms with Crippen LogP contribution in [0.3, 0.4) is 0 Å². The van der Waals surface area contributed by atoms with E-state index in [0.29, 0.717) is 0 Å². The van der Waals surface area contributed by atoms with Gasteiger partial charge in [-0.1, -0.05) is 66.8 Å². The third-order valence-corrected chi connectivity index (χ3v) is 2.67. The second-order valence-electron chi connectivity index (χ2n) is 4.36. The third-order valence-electron chi connectivity index (χ3n) is 2.67. The number of anilines is 1. The van der Waals surface area contributed by atoms with Crippen molar-refractivity contribution in [2.24, 2.45) is 0 Å². The van der Waals surface area contributed by atoms with Crippen LogP contribution in [0.2, 0.25) is 0 Å². The van der Waals surface area contributed by atoms with E-state index < -0.39 is 0 Å². The fourth-order valence-corrected chi connectivity index (χ4v) is 1.54. The van der Waals surface area contributed by atoms with Crippen LogP contribution in [-0.4, -0.2) is 0 Å². The summed E-state index contributed by atoms with van der Waals surface area (Å²) >= 11 is 0. The van der Waals surface area contributed by atoms with Crippen molar-refractivity contribution in [3.05, 3.63) is 84.5 Å². The number of rotatable bonds is 2. The molecule has 0 bridgehead atoms. The SMILES string of the molecule is C=C/C=C(\C)c1ccccc1.Cc1ccc(N)cc1. The minimum atomic E-state index is 0.829. The van der Waals surface area contributed by atoms with Gasteiger partial charge in [-0.25, -0.2) is 0 Å². The Morgan fingerprint density at radius 2 is 1.58 bits per heavy atom. The maximum atomic E-state index is 5.43. The molecule has 0 heterocycles. The molecular formula is C18H21N. The third kappa shape index (κ3) is 5.73. The number of allylic oxidation sites excluding steroid dienone is 3. The summed E-state index contributed by atoms with van der Waals surface area (Å²) in [7, 11) is 0. The number of aryl methyl sites for hydroxylation is 1. The van der Waals surface area contributed by atoms with Crippen LogP contribution in [-0.2, 0) is 0 Å². The summed E-state index contributed by atoms with van der Waals surface area (Å²) in [6.07, 6.45) is 3.82. The minimum absolute atomic E-state index is 0.829. The molecule has 0 fully saturated rings. The quantitative estimate of drug-likeness (QED) is 0.599. The van der Waals surface area contributed by atoms with Gasteiger partial charge < -0.3 is 5.73 Å². The van der Waals surface area contributed by atoms with E-state index in [0.717, 1.165) is 5.69 Å². The summed E-state index contributed by atoms with van der Waals surface area (Å²) < 4.78 is 0. The van der Waals surface area contributed by atoms with Crippen LogP contribution in [0.5, 0.6) is 0 Å². The summed E-state index contributed by atoms with van der Waals surface area (Å²) in [5, 5.41) is 0. The molecule has 0 saturated carbocycles. The summed E-state index contributed by atoms with van der Waals surface area (Å²) in [5.41, 5.74) is 10.0. The molecule has 0 aliphatic heterocycles. The van der Waals surface area contributed by atoms with E-state index in [-0.39, 0.29) is 0 Å². The second-order valence-corrected chi connectivity index (χ2v) is 4.36. The van der Waals surface area contributed by atoms with Gasteiger partial charge in [0.05, 0.1) is 0 Å². The fraction of sp³-hybridized carbons (Fsp3) is 0.111. The van der Waals surface area contributed by atoms with Crippen molar-refractivity contribution in [2.75, 3.05) is 5.73 Å². The molecule has 2 N–H and O–H groups in total. The average Bonchev–Trinajstić information content (AvgIpc) is 2.44. The van der Waals surface area contributed by atoms with Gasteiger partial charge in [0.25, 0.3) is 0 Å². The fourth-order valence-electron chi connectivity index (χ4n) is 1.54. The highest BCUT2D eigenvalue weighted by Gasteiger charge is 1.89. The van der Waals surface area contributed by atoms with Gasteiger partial charge in [-0.15, -0.1) is 0 Å². The Labute approximate surface area is 116 Å².